The molecule has 0 unspecified atom stereocenters. The van der Waals surface area contributed by atoms with Gasteiger partial charge in [-0.2, -0.15) is 5.10 Å². The van der Waals surface area contributed by atoms with Crippen LogP contribution in [-0.2, 0) is 6.42 Å². The molecule has 0 saturated heterocycles. The molecule has 0 atom stereocenters. The molecule has 0 aliphatic carbocycles. The molecule has 0 aliphatic heterocycles. The van der Waals surface area contributed by atoms with Gasteiger partial charge in [-0.3, -0.25) is 0 Å². The number of aryl methyl sites for hydroxylation is 2. The zero-order chi connectivity index (χ0) is 15.0. The molecule has 0 fully saturated rings. The van der Waals surface area contributed by atoms with Crippen LogP contribution < -0.4 is 0 Å². The minimum atomic E-state index is 0.402. The monoisotopic (exact) mass is 319 g/mol. The number of hydrogen-bond acceptors (Lipinski definition) is 2. The molecule has 5 heteroatoms. The van der Waals surface area contributed by atoms with Crippen LogP contribution in [0.2, 0.25) is 10.3 Å². The van der Waals surface area contributed by atoms with Gasteiger partial charge in [0.1, 0.15) is 10.3 Å². The summed E-state index contributed by atoms with van der Waals surface area (Å²) in [5.41, 5.74) is 4.51. The van der Waals surface area contributed by atoms with Crippen LogP contribution in [-0.4, -0.2) is 14.6 Å². The number of hydrogen-bond donors (Lipinski definition) is 0. The van der Waals surface area contributed by atoms with E-state index in [1.165, 1.54) is 5.56 Å². The Morgan fingerprint density at radius 3 is 2.52 bits per heavy atom. The van der Waals surface area contributed by atoms with E-state index < -0.39 is 0 Å². The number of halogens is 2. The predicted molar refractivity (Wildman–Crippen MR) is 87.2 cm³/mol. The van der Waals surface area contributed by atoms with Gasteiger partial charge in [0.15, 0.2) is 5.65 Å². The second-order valence-electron chi connectivity index (χ2n) is 5.09. The molecule has 2 heterocycles. The van der Waals surface area contributed by atoms with Crippen molar-refractivity contribution in [2.45, 2.75) is 26.7 Å². The van der Waals surface area contributed by atoms with Gasteiger partial charge in [0.05, 0.1) is 11.3 Å². The van der Waals surface area contributed by atoms with Gasteiger partial charge in [0.25, 0.3) is 0 Å². The van der Waals surface area contributed by atoms with Crippen LogP contribution in [0.4, 0.5) is 0 Å². The second kappa shape index (κ2) is 5.66. The molecule has 0 saturated carbocycles. The van der Waals surface area contributed by atoms with E-state index in [2.05, 4.69) is 17.0 Å². The Morgan fingerprint density at radius 2 is 1.86 bits per heavy atom. The van der Waals surface area contributed by atoms with Gasteiger partial charge in [-0.15, -0.1) is 0 Å². The summed E-state index contributed by atoms with van der Waals surface area (Å²) in [4.78, 5) is 4.42. The first-order chi connectivity index (χ1) is 10.1. The van der Waals surface area contributed by atoms with E-state index in [4.69, 9.17) is 23.2 Å². The number of rotatable bonds is 3. The SMILES string of the molecule is CCCc1cc2nc(Cl)c(-c3ccc(C)cc3)c(Cl)n2n1. The average Bonchev–Trinajstić information content (AvgIpc) is 2.84. The van der Waals surface area contributed by atoms with Crippen molar-refractivity contribution >= 4 is 28.8 Å². The van der Waals surface area contributed by atoms with Crippen molar-refractivity contribution in [3.63, 3.8) is 0 Å². The summed E-state index contributed by atoms with van der Waals surface area (Å²) in [5, 5.41) is 5.41. The van der Waals surface area contributed by atoms with Crippen molar-refractivity contribution in [2.75, 3.05) is 0 Å². The van der Waals surface area contributed by atoms with Gasteiger partial charge in [-0.05, 0) is 18.9 Å². The predicted octanol–water partition coefficient (Wildman–Crippen LogP) is 4.96. The van der Waals surface area contributed by atoms with Crippen molar-refractivity contribution in [1.82, 2.24) is 14.6 Å². The number of benzene rings is 1. The molecule has 0 aliphatic rings. The normalized spacial score (nSPS) is 11.2. The summed E-state index contributed by atoms with van der Waals surface area (Å²) in [7, 11) is 0. The van der Waals surface area contributed by atoms with Crippen LogP contribution in [0.25, 0.3) is 16.8 Å². The topological polar surface area (TPSA) is 30.2 Å². The third-order valence-electron chi connectivity index (χ3n) is 3.40. The molecule has 1 aromatic carbocycles. The standard InChI is InChI=1S/C16H15Cl2N3/c1-3-4-12-9-13-19-15(17)14(16(18)21(13)20-12)11-7-5-10(2)6-8-11/h5-9H,3-4H2,1-2H3. The van der Waals surface area contributed by atoms with Crippen molar-refractivity contribution in [1.29, 1.82) is 0 Å². The van der Waals surface area contributed by atoms with Gasteiger partial charge >= 0.3 is 0 Å². The zero-order valence-corrected chi connectivity index (χ0v) is 13.4. The fourth-order valence-electron chi connectivity index (χ4n) is 2.33. The Labute approximate surface area is 133 Å². The van der Waals surface area contributed by atoms with Crippen LogP contribution in [0, 0.1) is 6.92 Å². The Morgan fingerprint density at radius 1 is 1.14 bits per heavy atom. The molecule has 108 valence electrons. The third-order valence-corrected chi connectivity index (χ3v) is 4.02. The van der Waals surface area contributed by atoms with Crippen LogP contribution in [0.15, 0.2) is 30.3 Å². The minimum absolute atomic E-state index is 0.402. The molecule has 2 aromatic heterocycles. The summed E-state index contributed by atoms with van der Waals surface area (Å²) in [5.74, 6) is 0. The fourth-order valence-corrected chi connectivity index (χ4v) is 2.98. The highest BCUT2D eigenvalue weighted by molar-refractivity contribution is 6.38. The van der Waals surface area contributed by atoms with Crippen molar-refractivity contribution in [3.05, 3.63) is 51.9 Å². The quantitative estimate of drug-likeness (QED) is 0.638. The number of aromatic nitrogens is 3. The van der Waals surface area contributed by atoms with Gasteiger partial charge in [-0.25, -0.2) is 9.50 Å². The molecule has 0 N–H and O–H groups in total. The number of nitrogens with zero attached hydrogens (tertiary/aromatic N) is 3. The lowest BCUT2D eigenvalue weighted by molar-refractivity contribution is 0.834. The lowest BCUT2D eigenvalue weighted by atomic mass is 10.1. The summed E-state index contributed by atoms with van der Waals surface area (Å²) in [6.07, 6.45) is 1.93. The van der Waals surface area contributed by atoms with Gasteiger partial charge in [-0.1, -0.05) is 66.4 Å². The molecular formula is C16H15Cl2N3. The Kier molecular flexibility index (Phi) is 3.87. The maximum Gasteiger partial charge on any atom is 0.158 e. The first-order valence-corrected chi connectivity index (χ1v) is 7.66. The first-order valence-electron chi connectivity index (χ1n) is 6.91. The molecule has 0 radical (unpaired) electrons. The Bertz CT molecular complexity index is 791. The van der Waals surface area contributed by atoms with Crippen LogP contribution >= 0.6 is 23.2 Å². The van der Waals surface area contributed by atoms with E-state index in [9.17, 15) is 0 Å². The average molecular weight is 320 g/mol. The highest BCUT2D eigenvalue weighted by atomic mass is 35.5. The molecule has 0 bridgehead atoms. The van der Waals surface area contributed by atoms with E-state index in [0.29, 0.717) is 16.0 Å². The smallest absolute Gasteiger partial charge is 0.158 e. The fraction of sp³-hybridized carbons (Fsp3) is 0.250. The van der Waals surface area contributed by atoms with Crippen molar-refractivity contribution < 1.29 is 0 Å². The molecule has 0 amide bonds. The van der Waals surface area contributed by atoms with E-state index in [-0.39, 0.29) is 0 Å². The van der Waals surface area contributed by atoms with E-state index >= 15 is 0 Å². The van der Waals surface area contributed by atoms with E-state index in [1.54, 1.807) is 4.52 Å². The first kappa shape index (κ1) is 14.4. The van der Waals surface area contributed by atoms with E-state index in [1.807, 2.05) is 37.3 Å². The molecular weight excluding hydrogens is 305 g/mol. The van der Waals surface area contributed by atoms with Crippen molar-refractivity contribution in [3.8, 4) is 11.1 Å². The molecule has 3 rings (SSSR count). The van der Waals surface area contributed by atoms with Gasteiger partial charge < -0.3 is 0 Å². The van der Waals surface area contributed by atoms with Crippen LogP contribution in [0.1, 0.15) is 24.6 Å². The minimum Gasteiger partial charge on any atom is -0.216 e. The molecule has 21 heavy (non-hydrogen) atoms. The van der Waals surface area contributed by atoms with Gasteiger partial charge in [0.2, 0.25) is 0 Å². The Hall–Kier alpha value is -1.58. The van der Waals surface area contributed by atoms with Crippen molar-refractivity contribution in [2.24, 2.45) is 0 Å². The second-order valence-corrected chi connectivity index (χ2v) is 5.81. The largest absolute Gasteiger partial charge is 0.216 e. The third kappa shape index (κ3) is 2.63. The summed E-state index contributed by atoms with van der Waals surface area (Å²) >= 11 is 12.8. The van der Waals surface area contributed by atoms with Crippen LogP contribution in [0.5, 0.6) is 0 Å². The van der Waals surface area contributed by atoms with Crippen LogP contribution in [0.3, 0.4) is 0 Å². The summed E-state index contributed by atoms with van der Waals surface area (Å²) < 4.78 is 1.66. The summed E-state index contributed by atoms with van der Waals surface area (Å²) in [6, 6.07) is 9.97. The highest BCUT2D eigenvalue weighted by Gasteiger charge is 2.16. The van der Waals surface area contributed by atoms with Gasteiger partial charge in [0, 0.05) is 6.07 Å². The zero-order valence-electron chi connectivity index (χ0n) is 11.9. The van der Waals surface area contributed by atoms with E-state index in [0.717, 1.165) is 29.7 Å². The molecule has 3 aromatic rings. The summed E-state index contributed by atoms with van der Waals surface area (Å²) in [6.45, 7) is 4.16. The molecule has 0 spiro atoms. The highest BCUT2D eigenvalue weighted by Crippen LogP contribution is 2.34. The number of fused-ring (bicyclic) bond motifs is 1. The Balaban J connectivity index is 2.20. The maximum atomic E-state index is 6.51. The lowest BCUT2D eigenvalue weighted by Gasteiger charge is -2.08. The molecule has 3 nitrogen and oxygen atoms in total. The maximum absolute atomic E-state index is 6.51. The lowest BCUT2D eigenvalue weighted by Crippen LogP contribution is -1.97.